The molecule has 0 aliphatic carbocycles. The van der Waals surface area contributed by atoms with Gasteiger partial charge < -0.3 is 8.83 Å². The van der Waals surface area contributed by atoms with Crippen LogP contribution in [0.3, 0.4) is 0 Å². The van der Waals surface area contributed by atoms with Crippen LogP contribution in [0.5, 0.6) is 0 Å². The van der Waals surface area contributed by atoms with Crippen LogP contribution >= 0.6 is 0 Å². The van der Waals surface area contributed by atoms with E-state index in [1.54, 1.807) is 0 Å². The molecule has 0 unspecified atom stereocenters. The van der Waals surface area contributed by atoms with Crippen LogP contribution in [0.25, 0.3) is 0 Å². The van der Waals surface area contributed by atoms with Crippen molar-refractivity contribution in [3.05, 3.63) is 22.6 Å². The monoisotopic (exact) mass is 183 g/mol. The lowest BCUT2D eigenvalue weighted by Gasteiger charge is -2.24. The van der Waals surface area contributed by atoms with Crippen LogP contribution in [0.1, 0.15) is 5.76 Å². The van der Waals surface area contributed by atoms with E-state index in [9.17, 15) is 4.79 Å². The summed E-state index contributed by atoms with van der Waals surface area (Å²) in [5.41, 5.74) is 0. The summed E-state index contributed by atoms with van der Waals surface area (Å²) in [7, 11) is 0. The molecule has 0 atom stereocenters. The van der Waals surface area contributed by atoms with Crippen molar-refractivity contribution >= 4 is 0 Å². The molecule has 1 saturated heterocycles. The van der Waals surface area contributed by atoms with E-state index in [2.05, 4.69) is 14.6 Å². The summed E-state index contributed by atoms with van der Waals surface area (Å²) in [4.78, 5) is 12.7. The molecule has 2 heterocycles. The SMILES string of the molecule is O=c1occ(CN2CC[N]CC2)o1. The molecule has 1 fully saturated rings. The maximum absolute atomic E-state index is 10.6. The van der Waals surface area contributed by atoms with E-state index >= 15 is 0 Å². The molecule has 1 radical (unpaired) electrons. The highest BCUT2D eigenvalue weighted by Gasteiger charge is 2.12. The first-order valence-corrected chi connectivity index (χ1v) is 4.28. The van der Waals surface area contributed by atoms with Gasteiger partial charge in [-0.1, -0.05) is 0 Å². The smallest absolute Gasteiger partial charge is 0.399 e. The second kappa shape index (κ2) is 3.76. The zero-order valence-corrected chi connectivity index (χ0v) is 7.23. The van der Waals surface area contributed by atoms with Gasteiger partial charge in [-0.3, -0.25) is 4.90 Å². The molecule has 5 heteroatoms. The number of hydrogen-bond donors (Lipinski definition) is 0. The van der Waals surface area contributed by atoms with Crippen LogP contribution in [0.2, 0.25) is 0 Å². The van der Waals surface area contributed by atoms with Gasteiger partial charge in [-0.25, -0.2) is 10.1 Å². The van der Waals surface area contributed by atoms with E-state index in [-0.39, 0.29) is 0 Å². The van der Waals surface area contributed by atoms with Crippen molar-refractivity contribution in [3.63, 3.8) is 0 Å². The Labute approximate surface area is 75.3 Å². The van der Waals surface area contributed by atoms with Crippen LogP contribution in [0.4, 0.5) is 0 Å². The number of nitrogens with zero attached hydrogens (tertiary/aromatic N) is 2. The number of rotatable bonds is 2. The fraction of sp³-hybridized carbons (Fsp3) is 0.625. The maximum atomic E-state index is 10.6. The van der Waals surface area contributed by atoms with Crippen LogP contribution in [0, 0.1) is 0 Å². The Morgan fingerprint density at radius 2 is 2.23 bits per heavy atom. The first-order valence-electron chi connectivity index (χ1n) is 4.28. The topological polar surface area (TPSA) is 60.7 Å². The quantitative estimate of drug-likeness (QED) is 0.629. The molecule has 1 aliphatic rings. The first kappa shape index (κ1) is 8.52. The minimum atomic E-state index is -0.628. The molecule has 1 aliphatic heterocycles. The molecule has 0 aromatic carbocycles. The molecule has 0 spiro atoms. The van der Waals surface area contributed by atoms with Crippen molar-refractivity contribution in [3.8, 4) is 0 Å². The maximum Gasteiger partial charge on any atom is 0.518 e. The highest BCUT2D eigenvalue weighted by atomic mass is 16.6. The Morgan fingerprint density at radius 3 is 2.85 bits per heavy atom. The Morgan fingerprint density at radius 1 is 1.46 bits per heavy atom. The lowest BCUT2D eigenvalue weighted by molar-refractivity contribution is 0.212. The van der Waals surface area contributed by atoms with Gasteiger partial charge >= 0.3 is 5.82 Å². The van der Waals surface area contributed by atoms with Crippen LogP contribution in [-0.2, 0) is 6.54 Å². The standard InChI is InChI=1S/C8H11N2O3/c11-8-12-6-7(13-8)5-10-3-1-9-2-4-10/h6H,1-5H2. The minimum Gasteiger partial charge on any atom is -0.399 e. The van der Waals surface area contributed by atoms with E-state index in [1.165, 1.54) is 6.26 Å². The van der Waals surface area contributed by atoms with Gasteiger partial charge in [0.25, 0.3) is 0 Å². The lowest BCUT2D eigenvalue weighted by Crippen LogP contribution is -2.39. The van der Waals surface area contributed by atoms with Crippen molar-refractivity contribution < 1.29 is 8.83 Å². The largest absolute Gasteiger partial charge is 0.518 e. The van der Waals surface area contributed by atoms with E-state index in [0.717, 1.165) is 26.2 Å². The fourth-order valence-corrected chi connectivity index (χ4v) is 1.36. The Kier molecular flexibility index (Phi) is 2.47. The highest BCUT2D eigenvalue weighted by molar-refractivity contribution is 4.86. The van der Waals surface area contributed by atoms with E-state index in [4.69, 9.17) is 4.42 Å². The molecule has 0 N–H and O–H groups in total. The molecule has 1 aromatic heterocycles. The molecule has 0 bridgehead atoms. The zero-order chi connectivity index (χ0) is 9.10. The summed E-state index contributed by atoms with van der Waals surface area (Å²) in [6.07, 6.45) is 1.37. The van der Waals surface area contributed by atoms with Gasteiger partial charge in [0.15, 0.2) is 5.76 Å². The molecular formula is C8H11N2O3. The summed E-state index contributed by atoms with van der Waals surface area (Å²) in [5.74, 6) is -0.0383. The van der Waals surface area contributed by atoms with Crippen molar-refractivity contribution in [1.29, 1.82) is 0 Å². The van der Waals surface area contributed by atoms with Gasteiger partial charge in [-0.15, -0.1) is 0 Å². The van der Waals surface area contributed by atoms with Gasteiger partial charge in [0.05, 0.1) is 6.54 Å². The summed E-state index contributed by atoms with van der Waals surface area (Å²) < 4.78 is 9.33. The second-order valence-corrected chi connectivity index (χ2v) is 3.00. The zero-order valence-electron chi connectivity index (χ0n) is 7.23. The van der Waals surface area contributed by atoms with Gasteiger partial charge in [0, 0.05) is 26.2 Å². The van der Waals surface area contributed by atoms with E-state index < -0.39 is 5.82 Å². The lowest BCUT2D eigenvalue weighted by atomic mass is 10.3. The molecule has 71 valence electrons. The second-order valence-electron chi connectivity index (χ2n) is 3.00. The summed E-state index contributed by atoms with van der Waals surface area (Å²) >= 11 is 0. The Hall–Kier alpha value is -1.07. The summed E-state index contributed by atoms with van der Waals surface area (Å²) in [5, 5.41) is 4.22. The van der Waals surface area contributed by atoms with E-state index in [1.807, 2.05) is 0 Å². The molecule has 1 aromatic rings. The van der Waals surface area contributed by atoms with Crippen molar-refractivity contribution in [2.75, 3.05) is 26.2 Å². The summed E-state index contributed by atoms with van der Waals surface area (Å²) in [6, 6.07) is 0. The molecule has 0 amide bonds. The summed E-state index contributed by atoms with van der Waals surface area (Å²) in [6.45, 7) is 4.22. The van der Waals surface area contributed by atoms with Gasteiger partial charge in [-0.05, 0) is 0 Å². The van der Waals surface area contributed by atoms with Crippen LogP contribution < -0.4 is 11.1 Å². The average molecular weight is 183 g/mol. The fourth-order valence-electron chi connectivity index (χ4n) is 1.36. The van der Waals surface area contributed by atoms with Gasteiger partial charge in [0.1, 0.15) is 6.26 Å². The third-order valence-electron chi connectivity index (χ3n) is 2.03. The molecule has 5 nitrogen and oxygen atoms in total. The average Bonchev–Trinajstić information content (AvgIpc) is 2.53. The van der Waals surface area contributed by atoms with Crippen LogP contribution in [-0.4, -0.2) is 31.1 Å². The van der Waals surface area contributed by atoms with Crippen molar-refractivity contribution in [1.82, 2.24) is 10.2 Å². The van der Waals surface area contributed by atoms with E-state index in [0.29, 0.717) is 12.3 Å². The minimum absolute atomic E-state index is 0.590. The third-order valence-corrected chi connectivity index (χ3v) is 2.03. The predicted molar refractivity (Wildman–Crippen MR) is 44.4 cm³/mol. The van der Waals surface area contributed by atoms with Gasteiger partial charge in [-0.2, -0.15) is 0 Å². The normalized spacial score (nSPS) is 19.1. The van der Waals surface area contributed by atoms with Crippen LogP contribution in [0.15, 0.2) is 19.9 Å². The number of piperazine rings is 1. The molecular weight excluding hydrogens is 172 g/mol. The third kappa shape index (κ3) is 2.19. The predicted octanol–water partition coefficient (Wildman–Crippen LogP) is -0.347. The highest BCUT2D eigenvalue weighted by Crippen LogP contribution is 2.03. The van der Waals surface area contributed by atoms with Crippen molar-refractivity contribution in [2.45, 2.75) is 6.54 Å². The number of hydrogen-bond acceptors (Lipinski definition) is 4. The molecule has 0 saturated carbocycles. The van der Waals surface area contributed by atoms with Crippen molar-refractivity contribution in [2.24, 2.45) is 0 Å². The van der Waals surface area contributed by atoms with Gasteiger partial charge in [0.2, 0.25) is 0 Å². The Balaban J connectivity index is 1.93. The molecule has 13 heavy (non-hydrogen) atoms. The Bertz CT molecular complexity index is 311. The molecule has 2 rings (SSSR count). The first-order chi connectivity index (χ1) is 6.34.